The average molecular weight is 345 g/mol. The van der Waals surface area contributed by atoms with Crippen molar-refractivity contribution in [3.63, 3.8) is 0 Å². The van der Waals surface area contributed by atoms with Gasteiger partial charge in [0, 0.05) is 17.7 Å². The summed E-state index contributed by atoms with van der Waals surface area (Å²) in [5.74, 6) is 0.422. The first-order valence-corrected chi connectivity index (χ1v) is 8.13. The fraction of sp³-hybridized carbons (Fsp3) is 0.250. The molecule has 0 aliphatic rings. The number of thiophene rings is 1. The highest BCUT2D eigenvalue weighted by Crippen LogP contribution is 2.29. The third-order valence-corrected chi connectivity index (χ3v) is 4.51. The summed E-state index contributed by atoms with van der Waals surface area (Å²) in [7, 11) is 0. The second-order valence-corrected chi connectivity index (χ2v) is 6.91. The first-order valence-electron chi connectivity index (χ1n) is 7.32. The number of carbonyl (C=O) groups excluding carboxylic acids is 1. The third-order valence-electron chi connectivity index (χ3n) is 3.47. The molecule has 0 saturated heterocycles. The normalized spacial score (nSPS) is 11.2. The maximum Gasteiger partial charge on any atom is 0.283 e. The summed E-state index contributed by atoms with van der Waals surface area (Å²) in [6.45, 7) is 5.59. The molecule has 0 radical (unpaired) electrons. The van der Waals surface area contributed by atoms with E-state index in [-0.39, 0.29) is 17.5 Å². The summed E-state index contributed by atoms with van der Waals surface area (Å²) in [4.78, 5) is 27.9. The van der Waals surface area contributed by atoms with Gasteiger partial charge in [-0.25, -0.2) is 4.98 Å². The number of aryl methyl sites for hydroxylation is 1. The molecule has 8 heteroatoms. The highest BCUT2D eigenvalue weighted by atomic mass is 32.1. The van der Waals surface area contributed by atoms with Crippen molar-refractivity contribution in [1.29, 1.82) is 0 Å². The number of benzene rings is 1. The van der Waals surface area contributed by atoms with E-state index in [2.05, 4.69) is 10.3 Å². The largest absolute Gasteiger partial charge is 0.440 e. The van der Waals surface area contributed by atoms with Crippen LogP contribution in [-0.2, 0) is 0 Å². The van der Waals surface area contributed by atoms with Crippen LogP contribution in [0.15, 0.2) is 28.7 Å². The van der Waals surface area contributed by atoms with Crippen LogP contribution in [0.4, 0.5) is 11.4 Å². The van der Waals surface area contributed by atoms with Crippen LogP contribution in [0.5, 0.6) is 0 Å². The number of nitro groups is 1. The van der Waals surface area contributed by atoms with Crippen molar-refractivity contribution in [1.82, 2.24) is 4.98 Å². The average Bonchev–Trinajstić information content (AvgIpc) is 3.10. The Morgan fingerprint density at radius 3 is 2.75 bits per heavy atom. The lowest BCUT2D eigenvalue weighted by molar-refractivity contribution is -0.385. The van der Waals surface area contributed by atoms with Gasteiger partial charge in [0.15, 0.2) is 11.5 Å². The molecule has 0 bridgehead atoms. The van der Waals surface area contributed by atoms with Gasteiger partial charge in [-0.1, -0.05) is 13.8 Å². The number of fused-ring (bicyclic) bond motifs is 1. The number of nitrogens with one attached hydrogen (secondary N) is 1. The molecule has 0 saturated carbocycles. The molecule has 2 heterocycles. The minimum Gasteiger partial charge on any atom is -0.440 e. The van der Waals surface area contributed by atoms with Crippen molar-refractivity contribution in [3.8, 4) is 0 Å². The van der Waals surface area contributed by atoms with Gasteiger partial charge in [0.05, 0.1) is 14.7 Å². The van der Waals surface area contributed by atoms with Crippen LogP contribution in [0.3, 0.4) is 0 Å². The van der Waals surface area contributed by atoms with Gasteiger partial charge in [0.25, 0.3) is 11.6 Å². The quantitative estimate of drug-likeness (QED) is 0.555. The van der Waals surface area contributed by atoms with Gasteiger partial charge in [-0.3, -0.25) is 14.9 Å². The highest BCUT2D eigenvalue weighted by Gasteiger charge is 2.20. The topological polar surface area (TPSA) is 98.3 Å². The van der Waals surface area contributed by atoms with Crippen LogP contribution in [0.2, 0.25) is 0 Å². The number of anilines is 1. The monoisotopic (exact) mass is 345 g/mol. The van der Waals surface area contributed by atoms with Crippen LogP contribution >= 0.6 is 11.3 Å². The highest BCUT2D eigenvalue weighted by molar-refractivity contribution is 7.14. The molecule has 1 aromatic carbocycles. The van der Waals surface area contributed by atoms with Crippen LogP contribution in [0.25, 0.3) is 11.1 Å². The molecule has 7 nitrogen and oxygen atoms in total. The molecule has 0 aliphatic heterocycles. The van der Waals surface area contributed by atoms with Crippen LogP contribution in [-0.4, -0.2) is 15.8 Å². The van der Waals surface area contributed by atoms with Crippen molar-refractivity contribution in [2.45, 2.75) is 26.7 Å². The lowest BCUT2D eigenvalue weighted by Crippen LogP contribution is -2.09. The molecule has 2 aromatic heterocycles. The SMILES string of the molecule is Cc1sc(C(=O)Nc2ccc3oc(C(C)C)nc3c2)cc1[N+](=O)[O-]. The fourth-order valence-corrected chi connectivity index (χ4v) is 3.11. The molecule has 3 aromatic rings. The van der Waals surface area contributed by atoms with Gasteiger partial charge < -0.3 is 9.73 Å². The molecule has 0 unspecified atom stereocenters. The smallest absolute Gasteiger partial charge is 0.283 e. The second kappa shape index (κ2) is 6.04. The number of nitrogens with zero attached hydrogens (tertiary/aromatic N) is 2. The molecule has 0 spiro atoms. The van der Waals surface area contributed by atoms with Gasteiger partial charge in [0.2, 0.25) is 0 Å². The van der Waals surface area contributed by atoms with Crippen LogP contribution in [0, 0.1) is 17.0 Å². The minimum absolute atomic E-state index is 0.0429. The standard InChI is InChI=1S/C16H15N3O4S/c1-8(2)16-18-11-6-10(4-5-13(11)23-16)17-15(20)14-7-12(19(21)22)9(3)24-14/h4-8H,1-3H3,(H,17,20). The van der Waals surface area contributed by atoms with Gasteiger partial charge >= 0.3 is 0 Å². The Kier molecular flexibility index (Phi) is 4.06. The zero-order chi connectivity index (χ0) is 17.4. The van der Waals surface area contributed by atoms with E-state index in [1.54, 1.807) is 25.1 Å². The summed E-state index contributed by atoms with van der Waals surface area (Å²) in [5.41, 5.74) is 1.83. The van der Waals surface area contributed by atoms with Gasteiger partial charge in [-0.05, 0) is 25.1 Å². The number of aromatic nitrogens is 1. The predicted molar refractivity (Wildman–Crippen MR) is 91.8 cm³/mol. The molecule has 1 N–H and O–H groups in total. The molecule has 1 amide bonds. The van der Waals surface area contributed by atoms with Gasteiger partial charge in [-0.2, -0.15) is 0 Å². The van der Waals surface area contributed by atoms with E-state index in [4.69, 9.17) is 4.42 Å². The molecule has 0 aliphatic carbocycles. The first kappa shape index (κ1) is 16.1. The molecule has 0 fully saturated rings. The van der Waals surface area contributed by atoms with E-state index in [1.165, 1.54) is 6.07 Å². The molecule has 3 rings (SSSR count). The van der Waals surface area contributed by atoms with Crippen molar-refractivity contribution in [3.05, 3.63) is 50.0 Å². The van der Waals surface area contributed by atoms with E-state index in [1.807, 2.05) is 13.8 Å². The summed E-state index contributed by atoms with van der Waals surface area (Å²) in [5, 5.41) is 13.6. The molecular weight excluding hydrogens is 330 g/mol. The summed E-state index contributed by atoms with van der Waals surface area (Å²) < 4.78 is 5.62. The van der Waals surface area contributed by atoms with Crippen molar-refractivity contribution >= 4 is 39.7 Å². The Hall–Kier alpha value is -2.74. The number of rotatable bonds is 4. The number of hydrogen-bond acceptors (Lipinski definition) is 6. The van der Waals surface area contributed by atoms with Crippen molar-refractivity contribution in [2.24, 2.45) is 0 Å². The van der Waals surface area contributed by atoms with Gasteiger partial charge in [-0.15, -0.1) is 11.3 Å². The van der Waals surface area contributed by atoms with Crippen LogP contribution in [0.1, 0.15) is 40.2 Å². The zero-order valence-corrected chi connectivity index (χ0v) is 14.1. The number of carbonyl (C=O) groups is 1. The molecule has 124 valence electrons. The maximum absolute atomic E-state index is 12.3. The molecular formula is C16H15N3O4S. The van der Waals surface area contributed by atoms with E-state index in [0.717, 1.165) is 11.3 Å². The van der Waals surface area contributed by atoms with Crippen LogP contribution < -0.4 is 5.32 Å². The predicted octanol–water partition coefficient (Wildman–Crippen LogP) is 4.48. The van der Waals surface area contributed by atoms with Crippen molar-refractivity contribution in [2.75, 3.05) is 5.32 Å². The fourth-order valence-electron chi connectivity index (χ4n) is 2.23. The van der Waals surface area contributed by atoms with E-state index in [9.17, 15) is 14.9 Å². The Morgan fingerprint density at radius 2 is 2.12 bits per heavy atom. The Morgan fingerprint density at radius 1 is 1.38 bits per heavy atom. The number of amides is 1. The minimum atomic E-state index is -0.489. The Bertz CT molecular complexity index is 942. The summed E-state index contributed by atoms with van der Waals surface area (Å²) >= 11 is 1.09. The van der Waals surface area contributed by atoms with E-state index >= 15 is 0 Å². The van der Waals surface area contributed by atoms with Gasteiger partial charge in [0.1, 0.15) is 5.52 Å². The number of oxazole rings is 1. The zero-order valence-electron chi connectivity index (χ0n) is 13.3. The van der Waals surface area contributed by atoms with E-state index in [0.29, 0.717) is 32.4 Å². The van der Waals surface area contributed by atoms with E-state index < -0.39 is 4.92 Å². The second-order valence-electron chi connectivity index (χ2n) is 5.65. The maximum atomic E-state index is 12.3. The summed E-state index contributed by atoms with van der Waals surface area (Å²) in [6.07, 6.45) is 0. The Labute approximate surface area is 141 Å². The lowest BCUT2D eigenvalue weighted by Gasteiger charge is -2.02. The third kappa shape index (κ3) is 3.00. The lowest BCUT2D eigenvalue weighted by atomic mass is 10.2. The number of hydrogen-bond donors (Lipinski definition) is 1. The summed E-state index contributed by atoms with van der Waals surface area (Å²) in [6, 6.07) is 6.47. The molecule has 0 atom stereocenters. The van der Waals surface area contributed by atoms with Crippen molar-refractivity contribution < 1.29 is 14.1 Å². The first-order chi connectivity index (χ1) is 11.3. The Balaban J connectivity index is 1.85. The molecule has 24 heavy (non-hydrogen) atoms.